The highest BCUT2D eigenvalue weighted by atomic mass is 79.9. The molecule has 1 aromatic rings. The first-order valence-corrected chi connectivity index (χ1v) is 6.93. The van der Waals surface area contributed by atoms with Crippen LogP contribution in [0, 0.1) is 5.92 Å². The first-order valence-electron chi connectivity index (χ1n) is 5.64. The largest absolute Gasteiger partial charge is 0.0888 e. The number of alkyl halides is 1. The summed E-state index contributed by atoms with van der Waals surface area (Å²) in [6.45, 7) is 0. The van der Waals surface area contributed by atoms with Crippen molar-refractivity contribution in [3.8, 4) is 0 Å². The van der Waals surface area contributed by atoms with Crippen molar-refractivity contribution >= 4 is 27.5 Å². The van der Waals surface area contributed by atoms with Crippen molar-refractivity contribution in [2.45, 2.75) is 36.9 Å². The van der Waals surface area contributed by atoms with Crippen LogP contribution in [0.5, 0.6) is 0 Å². The molecule has 0 radical (unpaired) electrons. The van der Waals surface area contributed by atoms with Crippen molar-refractivity contribution in [2.75, 3.05) is 0 Å². The SMILES string of the molecule is Clc1ccc(CC2CCCCC2Br)cc1. The normalized spacial score (nSPS) is 26.5. The fraction of sp³-hybridized carbons (Fsp3) is 0.538. The molecule has 2 rings (SSSR count). The van der Waals surface area contributed by atoms with Gasteiger partial charge in [0.1, 0.15) is 0 Å². The maximum absolute atomic E-state index is 5.87. The first-order chi connectivity index (χ1) is 7.25. The number of hydrogen-bond acceptors (Lipinski definition) is 0. The summed E-state index contributed by atoms with van der Waals surface area (Å²) in [7, 11) is 0. The van der Waals surface area contributed by atoms with E-state index in [4.69, 9.17) is 11.6 Å². The van der Waals surface area contributed by atoms with Gasteiger partial charge in [-0.05, 0) is 42.9 Å². The predicted octanol–water partition coefficient (Wildman–Crippen LogP) is 4.84. The van der Waals surface area contributed by atoms with Gasteiger partial charge in [-0.25, -0.2) is 0 Å². The van der Waals surface area contributed by atoms with E-state index in [0.29, 0.717) is 4.83 Å². The summed E-state index contributed by atoms with van der Waals surface area (Å²) in [4.78, 5) is 0.710. The van der Waals surface area contributed by atoms with Crippen LogP contribution in [0.25, 0.3) is 0 Å². The lowest BCUT2D eigenvalue weighted by Gasteiger charge is -2.27. The van der Waals surface area contributed by atoms with Crippen molar-refractivity contribution < 1.29 is 0 Å². The third-order valence-electron chi connectivity index (χ3n) is 3.23. The molecule has 2 unspecified atom stereocenters. The smallest absolute Gasteiger partial charge is 0.0406 e. The van der Waals surface area contributed by atoms with Gasteiger partial charge < -0.3 is 0 Å². The summed E-state index contributed by atoms with van der Waals surface area (Å²) in [5.74, 6) is 0.805. The van der Waals surface area contributed by atoms with Gasteiger partial charge in [0.2, 0.25) is 0 Å². The Morgan fingerprint density at radius 1 is 1.13 bits per heavy atom. The maximum Gasteiger partial charge on any atom is 0.0406 e. The molecule has 82 valence electrons. The quantitative estimate of drug-likeness (QED) is 0.683. The van der Waals surface area contributed by atoms with Gasteiger partial charge >= 0.3 is 0 Å². The number of hydrogen-bond donors (Lipinski definition) is 0. The van der Waals surface area contributed by atoms with Crippen LogP contribution >= 0.6 is 27.5 Å². The molecule has 0 amide bonds. The van der Waals surface area contributed by atoms with E-state index in [1.807, 2.05) is 12.1 Å². The highest BCUT2D eigenvalue weighted by molar-refractivity contribution is 9.09. The van der Waals surface area contributed by atoms with E-state index in [1.165, 1.54) is 37.7 Å². The number of rotatable bonds is 2. The topological polar surface area (TPSA) is 0 Å². The third kappa shape index (κ3) is 3.22. The number of halogens is 2. The zero-order valence-electron chi connectivity index (χ0n) is 8.76. The van der Waals surface area contributed by atoms with Crippen molar-refractivity contribution in [1.29, 1.82) is 0 Å². The zero-order chi connectivity index (χ0) is 10.7. The molecular formula is C13H16BrCl. The second-order valence-corrected chi connectivity index (χ2v) is 6.00. The minimum absolute atomic E-state index is 0.710. The average Bonchev–Trinajstić information content (AvgIpc) is 2.25. The summed E-state index contributed by atoms with van der Waals surface area (Å²) in [5, 5.41) is 0.831. The molecule has 0 N–H and O–H groups in total. The van der Waals surface area contributed by atoms with E-state index < -0.39 is 0 Å². The van der Waals surface area contributed by atoms with E-state index in [1.54, 1.807) is 0 Å². The van der Waals surface area contributed by atoms with E-state index >= 15 is 0 Å². The monoisotopic (exact) mass is 286 g/mol. The molecule has 0 aromatic heterocycles. The van der Waals surface area contributed by atoms with Crippen LogP contribution in [0.2, 0.25) is 5.02 Å². The molecule has 2 heteroatoms. The van der Waals surface area contributed by atoms with Crippen LogP contribution in [-0.4, -0.2) is 4.83 Å². The van der Waals surface area contributed by atoms with E-state index in [0.717, 1.165) is 10.9 Å². The molecule has 2 atom stereocenters. The van der Waals surface area contributed by atoms with Crippen LogP contribution in [0.3, 0.4) is 0 Å². The van der Waals surface area contributed by atoms with Crippen LogP contribution in [0.4, 0.5) is 0 Å². The Bertz CT molecular complexity index is 307. The summed E-state index contributed by atoms with van der Waals surface area (Å²) in [6.07, 6.45) is 6.65. The fourth-order valence-electron chi connectivity index (χ4n) is 2.32. The highest BCUT2D eigenvalue weighted by Crippen LogP contribution is 2.32. The summed E-state index contributed by atoms with van der Waals surface area (Å²) in [6, 6.07) is 8.28. The molecular weight excluding hydrogens is 272 g/mol. The van der Waals surface area contributed by atoms with Gasteiger partial charge in [0.15, 0.2) is 0 Å². The lowest BCUT2D eigenvalue weighted by molar-refractivity contribution is 0.373. The average molecular weight is 288 g/mol. The molecule has 1 aromatic carbocycles. The summed E-state index contributed by atoms with van der Waals surface area (Å²) >= 11 is 9.67. The third-order valence-corrected chi connectivity index (χ3v) is 4.68. The lowest BCUT2D eigenvalue weighted by atomic mass is 9.85. The van der Waals surface area contributed by atoms with Crippen molar-refractivity contribution in [3.05, 3.63) is 34.9 Å². The second kappa shape index (κ2) is 5.36. The van der Waals surface area contributed by atoms with E-state index in [2.05, 4.69) is 28.1 Å². The Morgan fingerprint density at radius 2 is 1.80 bits per heavy atom. The van der Waals surface area contributed by atoms with Crippen LogP contribution in [-0.2, 0) is 6.42 Å². The van der Waals surface area contributed by atoms with Gasteiger partial charge in [-0.2, -0.15) is 0 Å². The Kier molecular flexibility index (Phi) is 4.10. The Morgan fingerprint density at radius 3 is 2.47 bits per heavy atom. The van der Waals surface area contributed by atoms with Crippen molar-refractivity contribution in [1.82, 2.24) is 0 Å². The molecule has 0 nitrogen and oxygen atoms in total. The minimum atomic E-state index is 0.710. The second-order valence-electron chi connectivity index (χ2n) is 4.39. The van der Waals surface area contributed by atoms with Gasteiger partial charge in [-0.1, -0.05) is 52.5 Å². The molecule has 0 heterocycles. The van der Waals surface area contributed by atoms with Crippen molar-refractivity contribution in [3.63, 3.8) is 0 Å². The highest BCUT2D eigenvalue weighted by Gasteiger charge is 2.22. The maximum atomic E-state index is 5.87. The van der Waals surface area contributed by atoms with Crippen LogP contribution in [0.1, 0.15) is 31.2 Å². The molecule has 0 aliphatic heterocycles. The Balaban J connectivity index is 1.98. The first kappa shape index (κ1) is 11.5. The molecule has 15 heavy (non-hydrogen) atoms. The summed E-state index contributed by atoms with van der Waals surface area (Å²) in [5.41, 5.74) is 1.41. The molecule has 1 fully saturated rings. The lowest BCUT2D eigenvalue weighted by Crippen LogP contribution is -2.21. The Hall–Kier alpha value is -0.0100. The van der Waals surface area contributed by atoms with Gasteiger partial charge in [0.25, 0.3) is 0 Å². The fourth-order valence-corrected chi connectivity index (χ4v) is 3.22. The molecule has 1 aliphatic carbocycles. The van der Waals surface area contributed by atoms with Crippen molar-refractivity contribution in [2.24, 2.45) is 5.92 Å². The predicted molar refractivity (Wildman–Crippen MR) is 69.8 cm³/mol. The van der Waals surface area contributed by atoms with E-state index in [9.17, 15) is 0 Å². The molecule has 0 saturated heterocycles. The minimum Gasteiger partial charge on any atom is -0.0888 e. The van der Waals surface area contributed by atoms with Gasteiger partial charge in [-0.15, -0.1) is 0 Å². The van der Waals surface area contributed by atoms with Crippen LogP contribution in [0.15, 0.2) is 24.3 Å². The zero-order valence-corrected chi connectivity index (χ0v) is 11.1. The standard InChI is InChI=1S/C13H16BrCl/c14-13-4-2-1-3-11(13)9-10-5-7-12(15)8-6-10/h5-8,11,13H,1-4,9H2. The summed E-state index contributed by atoms with van der Waals surface area (Å²) < 4.78 is 0. The number of benzene rings is 1. The van der Waals surface area contributed by atoms with E-state index in [-0.39, 0.29) is 0 Å². The molecule has 0 bridgehead atoms. The molecule has 1 saturated carbocycles. The van der Waals surface area contributed by atoms with Gasteiger partial charge in [0.05, 0.1) is 0 Å². The molecule has 0 spiro atoms. The molecule has 1 aliphatic rings. The Labute approximate surface area is 105 Å². The van der Waals surface area contributed by atoms with Crippen LogP contribution < -0.4 is 0 Å². The van der Waals surface area contributed by atoms with Gasteiger partial charge in [0, 0.05) is 9.85 Å². The van der Waals surface area contributed by atoms with Gasteiger partial charge in [-0.3, -0.25) is 0 Å².